The van der Waals surface area contributed by atoms with E-state index in [0.717, 1.165) is 6.07 Å². The highest BCUT2D eigenvalue weighted by Crippen LogP contribution is 2.18. The SMILES string of the molecule is CC(C)(C)OC(=O)NCCc1cncn1-c1cccc(F)c1F. The number of halogens is 2. The molecule has 0 radical (unpaired) electrons. The topological polar surface area (TPSA) is 56.1 Å². The summed E-state index contributed by atoms with van der Waals surface area (Å²) in [7, 11) is 0. The fourth-order valence-corrected chi connectivity index (χ4v) is 2.01. The van der Waals surface area contributed by atoms with E-state index >= 15 is 0 Å². The van der Waals surface area contributed by atoms with Gasteiger partial charge in [0.25, 0.3) is 0 Å². The monoisotopic (exact) mass is 323 g/mol. The molecule has 2 aromatic rings. The number of amides is 1. The van der Waals surface area contributed by atoms with E-state index in [1.54, 1.807) is 27.0 Å². The maximum absolute atomic E-state index is 13.9. The van der Waals surface area contributed by atoms with Crippen LogP contribution in [0.2, 0.25) is 0 Å². The van der Waals surface area contributed by atoms with E-state index in [1.807, 2.05) is 0 Å². The largest absolute Gasteiger partial charge is 0.444 e. The molecule has 0 saturated heterocycles. The molecule has 1 aromatic heterocycles. The van der Waals surface area contributed by atoms with Crippen molar-refractivity contribution in [3.63, 3.8) is 0 Å². The van der Waals surface area contributed by atoms with Crippen molar-refractivity contribution < 1.29 is 18.3 Å². The van der Waals surface area contributed by atoms with Gasteiger partial charge in [0.1, 0.15) is 5.60 Å². The van der Waals surface area contributed by atoms with Gasteiger partial charge in [-0.3, -0.25) is 0 Å². The third-order valence-corrected chi connectivity index (χ3v) is 2.96. The first-order chi connectivity index (χ1) is 10.8. The van der Waals surface area contributed by atoms with E-state index < -0.39 is 23.3 Å². The van der Waals surface area contributed by atoms with Gasteiger partial charge in [-0.25, -0.2) is 18.6 Å². The molecular formula is C16H19F2N3O2. The lowest BCUT2D eigenvalue weighted by atomic mass is 10.2. The summed E-state index contributed by atoms with van der Waals surface area (Å²) < 4.78 is 33.8. The Bertz CT molecular complexity index is 693. The average molecular weight is 323 g/mol. The van der Waals surface area contributed by atoms with Gasteiger partial charge in [-0.05, 0) is 32.9 Å². The summed E-state index contributed by atoms with van der Waals surface area (Å²) in [5.41, 5.74) is 0.150. The number of nitrogens with zero attached hydrogens (tertiary/aromatic N) is 2. The van der Waals surface area contributed by atoms with Crippen molar-refractivity contribution in [2.45, 2.75) is 32.8 Å². The number of hydrogen-bond acceptors (Lipinski definition) is 3. The summed E-state index contributed by atoms with van der Waals surface area (Å²) in [5, 5.41) is 2.61. The van der Waals surface area contributed by atoms with Gasteiger partial charge in [-0.1, -0.05) is 6.07 Å². The fourth-order valence-electron chi connectivity index (χ4n) is 2.01. The number of hydrogen-bond donors (Lipinski definition) is 1. The summed E-state index contributed by atoms with van der Waals surface area (Å²) in [6.07, 6.45) is 2.82. The summed E-state index contributed by atoms with van der Waals surface area (Å²) in [6.45, 7) is 5.61. The third-order valence-electron chi connectivity index (χ3n) is 2.96. The second kappa shape index (κ2) is 6.76. The van der Waals surface area contributed by atoms with Gasteiger partial charge < -0.3 is 14.6 Å². The highest BCUT2D eigenvalue weighted by Gasteiger charge is 2.16. The van der Waals surface area contributed by atoms with Crippen molar-refractivity contribution >= 4 is 6.09 Å². The van der Waals surface area contributed by atoms with Gasteiger partial charge in [0.2, 0.25) is 0 Å². The van der Waals surface area contributed by atoms with Crippen LogP contribution in [-0.4, -0.2) is 27.8 Å². The molecule has 1 aromatic carbocycles. The maximum atomic E-state index is 13.9. The number of alkyl carbamates (subject to hydrolysis) is 1. The lowest BCUT2D eigenvalue weighted by Crippen LogP contribution is -2.33. The van der Waals surface area contributed by atoms with E-state index in [1.165, 1.54) is 23.0 Å². The fraction of sp³-hybridized carbons (Fsp3) is 0.375. The molecular weight excluding hydrogens is 304 g/mol. The molecule has 1 N–H and O–H groups in total. The average Bonchev–Trinajstić information content (AvgIpc) is 2.88. The van der Waals surface area contributed by atoms with Crippen LogP contribution in [0.15, 0.2) is 30.7 Å². The van der Waals surface area contributed by atoms with Crippen LogP contribution >= 0.6 is 0 Å². The van der Waals surface area contributed by atoms with Crippen LogP contribution in [0.4, 0.5) is 13.6 Å². The zero-order valence-electron chi connectivity index (χ0n) is 13.3. The molecule has 0 fully saturated rings. The lowest BCUT2D eigenvalue weighted by Gasteiger charge is -2.19. The molecule has 2 rings (SSSR count). The Morgan fingerprint density at radius 3 is 2.78 bits per heavy atom. The number of benzene rings is 1. The van der Waals surface area contributed by atoms with Gasteiger partial charge in [0, 0.05) is 24.9 Å². The van der Waals surface area contributed by atoms with E-state index in [9.17, 15) is 13.6 Å². The molecule has 0 saturated carbocycles. The van der Waals surface area contributed by atoms with Gasteiger partial charge in [-0.15, -0.1) is 0 Å². The molecule has 0 aliphatic carbocycles. The zero-order valence-corrected chi connectivity index (χ0v) is 13.3. The van der Waals surface area contributed by atoms with Crippen LogP contribution in [0.25, 0.3) is 5.69 Å². The van der Waals surface area contributed by atoms with E-state index in [0.29, 0.717) is 12.1 Å². The first kappa shape index (κ1) is 16.9. The van der Waals surface area contributed by atoms with Crippen molar-refractivity contribution in [1.82, 2.24) is 14.9 Å². The Kier molecular flexibility index (Phi) is 4.98. The highest BCUT2D eigenvalue weighted by atomic mass is 19.2. The number of imidazole rings is 1. The Labute approximate surface area is 133 Å². The Morgan fingerprint density at radius 1 is 1.35 bits per heavy atom. The van der Waals surface area contributed by atoms with Crippen LogP contribution in [0.5, 0.6) is 0 Å². The van der Waals surface area contributed by atoms with Crippen molar-refractivity contribution in [1.29, 1.82) is 0 Å². The Hall–Kier alpha value is -2.44. The number of carbonyl (C=O) groups is 1. The number of rotatable bonds is 4. The summed E-state index contributed by atoms with van der Waals surface area (Å²) in [5.74, 6) is -1.86. The van der Waals surface area contributed by atoms with Crippen molar-refractivity contribution in [2.24, 2.45) is 0 Å². The molecule has 5 nitrogen and oxygen atoms in total. The van der Waals surface area contributed by atoms with E-state index in [4.69, 9.17) is 4.74 Å². The number of aromatic nitrogens is 2. The van der Waals surface area contributed by atoms with Gasteiger partial charge in [0.15, 0.2) is 11.6 Å². The van der Waals surface area contributed by atoms with Crippen LogP contribution in [-0.2, 0) is 11.2 Å². The summed E-state index contributed by atoms with van der Waals surface area (Å²) >= 11 is 0. The van der Waals surface area contributed by atoms with Crippen molar-refractivity contribution in [3.05, 3.63) is 48.1 Å². The predicted molar refractivity (Wildman–Crippen MR) is 81.4 cm³/mol. The number of carbonyl (C=O) groups excluding carboxylic acids is 1. The van der Waals surface area contributed by atoms with Gasteiger partial charge in [0.05, 0.1) is 12.0 Å². The minimum Gasteiger partial charge on any atom is -0.444 e. The van der Waals surface area contributed by atoms with Crippen LogP contribution in [0, 0.1) is 11.6 Å². The molecule has 0 bridgehead atoms. The third kappa shape index (κ3) is 4.51. The normalized spacial score (nSPS) is 11.3. The lowest BCUT2D eigenvalue weighted by molar-refractivity contribution is 0.0528. The molecule has 0 spiro atoms. The maximum Gasteiger partial charge on any atom is 0.407 e. The number of ether oxygens (including phenoxy) is 1. The minimum absolute atomic E-state index is 0.0785. The zero-order chi connectivity index (χ0) is 17.0. The molecule has 124 valence electrons. The van der Waals surface area contributed by atoms with Crippen molar-refractivity contribution in [2.75, 3.05) is 6.54 Å². The van der Waals surface area contributed by atoms with Crippen molar-refractivity contribution in [3.8, 4) is 5.69 Å². The Balaban J connectivity index is 2.02. The van der Waals surface area contributed by atoms with E-state index in [-0.39, 0.29) is 12.2 Å². The van der Waals surface area contributed by atoms with E-state index in [2.05, 4.69) is 10.3 Å². The van der Waals surface area contributed by atoms with Gasteiger partial charge >= 0.3 is 6.09 Å². The van der Waals surface area contributed by atoms with Crippen LogP contribution in [0.1, 0.15) is 26.5 Å². The van der Waals surface area contributed by atoms with Gasteiger partial charge in [-0.2, -0.15) is 0 Å². The summed E-state index contributed by atoms with van der Waals surface area (Å²) in [4.78, 5) is 15.5. The highest BCUT2D eigenvalue weighted by molar-refractivity contribution is 5.67. The second-order valence-corrected chi connectivity index (χ2v) is 6.01. The second-order valence-electron chi connectivity index (χ2n) is 6.01. The molecule has 0 aliphatic rings. The first-order valence-electron chi connectivity index (χ1n) is 7.20. The molecule has 1 amide bonds. The molecule has 23 heavy (non-hydrogen) atoms. The predicted octanol–water partition coefficient (Wildman–Crippen LogP) is 3.22. The summed E-state index contributed by atoms with van der Waals surface area (Å²) in [6, 6.07) is 3.95. The smallest absolute Gasteiger partial charge is 0.407 e. The minimum atomic E-state index is -0.938. The molecule has 0 aliphatic heterocycles. The molecule has 0 unspecified atom stereocenters. The Morgan fingerprint density at radius 2 is 2.09 bits per heavy atom. The molecule has 7 heteroatoms. The van der Waals surface area contributed by atoms with Crippen LogP contribution in [0.3, 0.4) is 0 Å². The standard InChI is InChI=1S/C16H19F2N3O2/c1-16(2,3)23-15(22)20-8-7-11-9-19-10-21(11)13-6-4-5-12(17)14(13)18/h4-6,9-10H,7-8H2,1-3H3,(H,20,22). The number of nitrogens with one attached hydrogen (secondary N) is 1. The molecule has 1 heterocycles. The first-order valence-corrected chi connectivity index (χ1v) is 7.20. The van der Waals surface area contributed by atoms with Crippen LogP contribution < -0.4 is 5.32 Å². The molecule has 0 atom stereocenters. The quantitative estimate of drug-likeness (QED) is 0.940.